The first kappa shape index (κ1) is 29.9. The minimum Gasteiger partial charge on any atom is -0.380 e. The Hall–Kier alpha value is -2.64. The third-order valence-electron chi connectivity index (χ3n) is 6.12. The lowest BCUT2D eigenvalue weighted by atomic mass is 10.1. The van der Waals surface area contributed by atoms with Crippen molar-refractivity contribution in [3.63, 3.8) is 0 Å². The van der Waals surface area contributed by atoms with Crippen LogP contribution in [0.4, 0.5) is 20.7 Å². The quantitative estimate of drug-likeness (QED) is 0.423. The molecule has 0 aliphatic carbocycles. The summed E-state index contributed by atoms with van der Waals surface area (Å²) in [6, 6.07) is 0. The van der Waals surface area contributed by atoms with Gasteiger partial charge >= 0.3 is 0 Å². The minimum absolute atomic E-state index is 0.171. The first-order chi connectivity index (χ1) is 17.8. The molecule has 2 aromatic rings. The molecule has 38 heavy (non-hydrogen) atoms. The van der Waals surface area contributed by atoms with E-state index in [1.807, 2.05) is 0 Å². The van der Waals surface area contributed by atoms with E-state index in [-0.39, 0.29) is 37.2 Å². The number of aromatic nitrogens is 4. The van der Waals surface area contributed by atoms with Crippen LogP contribution in [0.2, 0.25) is 0 Å². The highest BCUT2D eigenvalue weighted by molar-refractivity contribution is 7.90. The molecule has 0 bridgehead atoms. The largest absolute Gasteiger partial charge is 0.380 e. The van der Waals surface area contributed by atoms with E-state index < -0.39 is 42.2 Å². The highest BCUT2D eigenvalue weighted by Gasteiger charge is 2.36. The molecule has 2 fully saturated rings. The number of nitrogens with zero attached hydrogens (tertiary/aromatic N) is 6. The van der Waals surface area contributed by atoms with Crippen molar-refractivity contribution in [2.75, 3.05) is 50.2 Å². The Balaban J connectivity index is 0.000000211. The van der Waals surface area contributed by atoms with Gasteiger partial charge < -0.3 is 19.3 Å². The SMILES string of the molecule is CO[C@H]1C[C@H](S(N)(=O)=O)CN(c2ncc(F)cn2)C1.CO[C@H]1C[C@H](S(N)(=O)=O)CN(c2ncc(F)cn2)C1. The summed E-state index contributed by atoms with van der Waals surface area (Å²) in [6.07, 6.45) is 4.21. The number of primary sulfonamides is 2. The number of ether oxygens (including phenoxy) is 2. The van der Waals surface area contributed by atoms with Gasteiger partial charge in [0.15, 0.2) is 11.6 Å². The molecule has 0 spiro atoms. The van der Waals surface area contributed by atoms with E-state index >= 15 is 0 Å². The van der Waals surface area contributed by atoms with Crippen molar-refractivity contribution in [3.8, 4) is 0 Å². The number of hydrogen-bond acceptors (Lipinski definition) is 12. The van der Waals surface area contributed by atoms with Gasteiger partial charge in [0.2, 0.25) is 31.9 Å². The van der Waals surface area contributed by atoms with Crippen LogP contribution in [0.5, 0.6) is 0 Å². The molecule has 0 amide bonds. The van der Waals surface area contributed by atoms with Crippen molar-refractivity contribution >= 4 is 31.9 Å². The zero-order chi connectivity index (χ0) is 28.1. The summed E-state index contributed by atoms with van der Waals surface area (Å²) in [5.74, 6) is -0.576. The van der Waals surface area contributed by atoms with Gasteiger partial charge in [0.1, 0.15) is 0 Å². The summed E-state index contributed by atoms with van der Waals surface area (Å²) in [5.41, 5.74) is 0. The highest BCUT2D eigenvalue weighted by Crippen LogP contribution is 2.22. The number of rotatable bonds is 6. The molecule has 0 aromatic carbocycles. The monoisotopic (exact) mass is 580 g/mol. The Bertz CT molecular complexity index is 1170. The molecule has 2 saturated heterocycles. The number of methoxy groups -OCH3 is 2. The normalized spacial score (nSPS) is 24.5. The van der Waals surface area contributed by atoms with Crippen molar-refractivity contribution in [2.24, 2.45) is 10.3 Å². The predicted molar refractivity (Wildman–Crippen MR) is 133 cm³/mol. The summed E-state index contributed by atoms with van der Waals surface area (Å²) >= 11 is 0. The molecule has 18 heteroatoms. The van der Waals surface area contributed by atoms with Gasteiger partial charge in [-0.25, -0.2) is 55.8 Å². The van der Waals surface area contributed by atoms with Gasteiger partial charge in [-0.15, -0.1) is 0 Å². The smallest absolute Gasteiger partial charge is 0.225 e. The minimum atomic E-state index is -3.67. The lowest BCUT2D eigenvalue weighted by Crippen LogP contribution is -2.51. The zero-order valence-corrected chi connectivity index (χ0v) is 22.4. The Labute approximate surface area is 219 Å². The maximum atomic E-state index is 12.8. The van der Waals surface area contributed by atoms with Crippen LogP contribution in [0.15, 0.2) is 24.8 Å². The molecule has 2 aromatic heterocycles. The standard InChI is InChI=1S/2C10H15FN4O3S/c2*1-18-8-2-9(19(12,16)17)6-15(5-8)10-13-3-7(11)4-14-10/h2*3-4,8-9H,2,5-6H2,1H3,(H2,12,16,17)/t2*8-,9-/m00/s1. The Morgan fingerprint density at radius 3 is 1.29 bits per heavy atom. The number of nitrogens with two attached hydrogens (primary N) is 2. The Morgan fingerprint density at radius 2 is 1.03 bits per heavy atom. The third kappa shape index (κ3) is 8.18. The average molecular weight is 581 g/mol. The van der Waals surface area contributed by atoms with Gasteiger partial charge in [0, 0.05) is 40.4 Å². The molecule has 4 atom stereocenters. The summed E-state index contributed by atoms with van der Waals surface area (Å²) < 4.78 is 81.9. The van der Waals surface area contributed by atoms with E-state index in [9.17, 15) is 25.6 Å². The van der Waals surface area contributed by atoms with Crippen LogP contribution in [-0.4, -0.2) is 99.9 Å². The Kier molecular flexibility index (Phi) is 9.82. The molecule has 0 radical (unpaired) electrons. The third-order valence-corrected chi connectivity index (χ3v) is 8.66. The highest BCUT2D eigenvalue weighted by atomic mass is 32.2. The van der Waals surface area contributed by atoms with Crippen LogP contribution < -0.4 is 20.1 Å². The van der Waals surface area contributed by atoms with Crippen molar-refractivity contribution < 1.29 is 35.1 Å². The second-order valence-corrected chi connectivity index (χ2v) is 12.5. The maximum Gasteiger partial charge on any atom is 0.225 e. The molecule has 4 rings (SSSR count). The molecule has 14 nitrogen and oxygen atoms in total. The van der Waals surface area contributed by atoms with Gasteiger partial charge in [-0.1, -0.05) is 0 Å². The van der Waals surface area contributed by atoms with Crippen LogP contribution in [-0.2, 0) is 29.5 Å². The maximum absolute atomic E-state index is 12.8. The van der Waals surface area contributed by atoms with E-state index in [4.69, 9.17) is 19.8 Å². The lowest BCUT2D eigenvalue weighted by Gasteiger charge is -2.35. The lowest BCUT2D eigenvalue weighted by molar-refractivity contribution is 0.0897. The number of halogens is 2. The second-order valence-electron chi connectivity index (χ2n) is 8.82. The second kappa shape index (κ2) is 12.5. The van der Waals surface area contributed by atoms with Crippen LogP contribution in [0.3, 0.4) is 0 Å². The first-order valence-corrected chi connectivity index (χ1v) is 14.6. The predicted octanol–water partition coefficient (Wildman–Crippen LogP) is -1.00. The van der Waals surface area contributed by atoms with Crippen LogP contribution in [0, 0.1) is 11.6 Å². The van der Waals surface area contributed by atoms with Gasteiger partial charge in [-0.3, -0.25) is 0 Å². The van der Waals surface area contributed by atoms with Crippen molar-refractivity contribution in [3.05, 3.63) is 36.4 Å². The van der Waals surface area contributed by atoms with Crippen LogP contribution in [0.1, 0.15) is 12.8 Å². The van der Waals surface area contributed by atoms with Gasteiger partial charge in [-0.05, 0) is 12.8 Å². The molecular formula is C20H30F2N8O6S2. The number of hydrogen-bond donors (Lipinski definition) is 2. The molecule has 4 N–H and O–H groups in total. The number of piperidine rings is 2. The first-order valence-electron chi connectivity index (χ1n) is 11.3. The molecule has 2 aliphatic heterocycles. The fourth-order valence-electron chi connectivity index (χ4n) is 4.10. The van der Waals surface area contributed by atoms with E-state index in [0.29, 0.717) is 25.9 Å². The number of anilines is 2. The van der Waals surface area contributed by atoms with Crippen LogP contribution >= 0.6 is 0 Å². The summed E-state index contributed by atoms with van der Waals surface area (Å²) in [6.45, 7) is 1.22. The van der Waals surface area contributed by atoms with E-state index in [0.717, 1.165) is 24.8 Å². The zero-order valence-electron chi connectivity index (χ0n) is 20.7. The molecule has 2 aliphatic rings. The van der Waals surface area contributed by atoms with Crippen LogP contribution in [0.25, 0.3) is 0 Å². The van der Waals surface area contributed by atoms with Crippen molar-refractivity contribution in [2.45, 2.75) is 35.5 Å². The average Bonchev–Trinajstić information content (AvgIpc) is 2.88. The summed E-state index contributed by atoms with van der Waals surface area (Å²) in [7, 11) is -4.34. The molecule has 4 heterocycles. The van der Waals surface area contributed by atoms with Gasteiger partial charge in [0.05, 0.1) is 47.5 Å². The summed E-state index contributed by atoms with van der Waals surface area (Å²) in [4.78, 5) is 18.6. The molecule has 0 saturated carbocycles. The molecule has 212 valence electrons. The number of sulfonamides is 2. The van der Waals surface area contributed by atoms with E-state index in [1.165, 1.54) is 14.2 Å². The van der Waals surface area contributed by atoms with E-state index in [2.05, 4.69) is 19.9 Å². The molecular weight excluding hydrogens is 550 g/mol. The fraction of sp³-hybridized carbons (Fsp3) is 0.600. The fourth-order valence-corrected chi connectivity index (χ4v) is 5.84. The summed E-state index contributed by atoms with van der Waals surface area (Å²) in [5, 5.41) is 8.86. The molecule has 0 unspecified atom stereocenters. The van der Waals surface area contributed by atoms with Crippen molar-refractivity contribution in [1.82, 2.24) is 19.9 Å². The van der Waals surface area contributed by atoms with Gasteiger partial charge in [0.25, 0.3) is 0 Å². The van der Waals surface area contributed by atoms with Gasteiger partial charge in [-0.2, -0.15) is 0 Å². The Morgan fingerprint density at radius 1 is 0.711 bits per heavy atom. The topological polar surface area (TPSA) is 197 Å². The van der Waals surface area contributed by atoms with E-state index in [1.54, 1.807) is 9.80 Å². The van der Waals surface area contributed by atoms with Crippen molar-refractivity contribution in [1.29, 1.82) is 0 Å².